The molecule has 2 N–H and O–H groups in total. The van der Waals surface area contributed by atoms with Crippen molar-refractivity contribution in [2.75, 3.05) is 19.7 Å². The summed E-state index contributed by atoms with van der Waals surface area (Å²) >= 11 is 0. The summed E-state index contributed by atoms with van der Waals surface area (Å²) in [4.78, 5) is 51.5. The summed E-state index contributed by atoms with van der Waals surface area (Å²) in [5.41, 5.74) is 1.67. The first-order valence-electron chi connectivity index (χ1n) is 7.02. The van der Waals surface area contributed by atoms with Gasteiger partial charge in [-0.1, -0.05) is 0 Å². The zero-order valence-corrected chi connectivity index (χ0v) is 13.6. The Morgan fingerprint density at radius 3 is 2.43 bits per heavy atom. The molecule has 4 amide bonds. The predicted molar refractivity (Wildman–Crippen MR) is 78.8 cm³/mol. The van der Waals surface area contributed by atoms with E-state index < -0.39 is 30.1 Å². The summed E-state index contributed by atoms with van der Waals surface area (Å²) in [6.07, 6.45) is 0.443. The maximum atomic E-state index is 11.6. The van der Waals surface area contributed by atoms with Crippen molar-refractivity contribution in [3.63, 3.8) is 0 Å². The molecule has 0 aromatic rings. The number of carbonyl (C=O) groups is 4. The number of hydroxylamine groups is 1. The van der Waals surface area contributed by atoms with Crippen molar-refractivity contribution < 1.29 is 28.8 Å². The zero-order chi connectivity index (χ0) is 17.6. The van der Waals surface area contributed by atoms with Crippen LogP contribution in [0.25, 0.3) is 0 Å². The average Bonchev–Trinajstić information content (AvgIpc) is 2.63. The molecular weight excluding hydrogens is 306 g/mol. The molecule has 9 heteroatoms. The highest BCUT2D eigenvalue weighted by atomic mass is 16.7. The Labute approximate surface area is 133 Å². The molecule has 1 aliphatic rings. The lowest BCUT2D eigenvalue weighted by molar-refractivity contribution is -0.138. The van der Waals surface area contributed by atoms with E-state index in [-0.39, 0.29) is 19.0 Å². The monoisotopic (exact) mass is 327 g/mol. The molecule has 1 heterocycles. The summed E-state index contributed by atoms with van der Waals surface area (Å²) in [5, 5.41) is 2.46. The fourth-order valence-corrected chi connectivity index (χ4v) is 1.67. The van der Waals surface area contributed by atoms with E-state index >= 15 is 0 Å². The summed E-state index contributed by atoms with van der Waals surface area (Å²) in [5.74, 6) is -1.28. The summed E-state index contributed by atoms with van der Waals surface area (Å²) in [7, 11) is 0. The molecular formula is C14H21N3O6. The number of amides is 4. The van der Waals surface area contributed by atoms with Gasteiger partial charge in [-0.3, -0.25) is 24.1 Å². The molecule has 0 atom stereocenters. The molecule has 9 nitrogen and oxygen atoms in total. The maximum absolute atomic E-state index is 11.6. The lowest BCUT2D eigenvalue weighted by Crippen LogP contribution is -2.40. The van der Waals surface area contributed by atoms with Gasteiger partial charge in [0.2, 0.25) is 5.91 Å². The minimum absolute atomic E-state index is 0.0662. The molecule has 0 radical (unpaired) electrons. The molecule has 0 bridgehead atoms. The third-order valence-electron chi connectivity index (χ3n) is 2.60. The van der Waals surface area contributed by atoms with E-state index in [2.05, 4.69) is 5.32 Å². The SMILES string of the molecule is CC1=CC(=O)N(CCNC(=O)CONC(=O)OC(C)(C)C)C1=O. The Hall–Kier alpha value is -2.42. The van der Waals surface area contributed by atoms with Crippen LogP contribution in [0.15, 0.2) is 11.6 Å². The van der Waals surface area contributed by atoms with Crippen LogP contribution < -0.4 is 10.8 Å². The van der Waals surface area contributed by atoms with Crippen LogP contribution in [0.3, 0.4) is 0 Å². The van der Waals surface area contributed by atoms with Crippen LogP contribution in [0, 0.1) is 0 Å². The van der Waals surface area contributed by atoms with Crippen molar-refractivity contribution in [3.05, 3.63) is 11.6 Å². The lowest BCUT2D eigenvalue weighted by Gasteiger charge is -2.19. The van der Waals surface area contributed by atoms with E-state index in [0.29, 0.717) is 5.57 Å². The molecule has 1 aliphatic heterocycles. The molecule has 128 valence electrons. The number of nitrogens with one attached hydrogen (secondary N) is 2. The van der Waals surface area contributed by atoms with Crippen molar-refractivity contribution in [1.82, 2.24) is 15.7 Å². The second-order valence-corrected chi connectivity index (χ2v) is 5.86. The Kier molecular flexibility index (Phi) is 6.26. The zero-order valence-electron chi connectivity index (χ0n) is 13.6. The van der Waals surface area contributed by atoms with Gasteiger partial charge in [-0.25, -0.2) is 4.79 Å². The third-order valence-corrected chi connectivity index (χ3v) is 2.60. The Bertz CT molecular complexity index is 535. The lowest BCUT2D eigenvalue weighted by atomic mass is 10.2. The maximum Gasteiger partial charge on any atom is 0.431 e. The number of hydrogen-bond acceptors (Lipinski definition) is 6. The predicted octanol–water partition coefficient (Wildman–Crippen LogP) is -0.126. The van der Waals surface area contributed by atoms with Crippen molar-refractivity contribution >= 4 is 23.8 Å². The number of hydrogen-bond donors (Lipinski definition) is 2. The van der Waals surface area contributed by atoms with Crippen LogP contribution >= 0.6 is 0 Å². The molecule has 0 aliphatic carbocycles. The molecule has 0 spiro atoms. The van der Waals surface area contributed by atoms with E-state index in [1.54, 1.807) is 27.7 Å². The minimum Gasteiger partial charge on any atom is -0.442 e. The fraction of sp³-hybridized carbons (Fsp3) is 0.571. The Morgan fingerprint density at radius 2 is 1.91 bits per heavy atom. The van der Waals surface area contributed by atoms with Gasteiger partial charge in [0.15, 0.2) is 6.61 Å². The van der Waals surface area contributed by atoms with E-state index in [9.17, 15) is 19.2 Å². The topological polar surface area (TPSA) is 114 Å². The van der Waals surface area contributed by atoms with Crippen LogP contribution in [0.1, 0.15) is 27.7 Å². The second-order valence-electron chi connectivity index (χ2n) is 5.86. The van der Waals surface area contributed by atoms with Crippen molar-refractivity contribution in [2.45, 2.75) is 33.3 Å². The van der Waals surface area contributed by atoms with Gasteiger partial charge in [-0.15, -0.1) is 0 Å². The molecule has 0 aromatic carbocycles. The van der Waals surface area contributed by atoms with Crippen LogP contribution in [-0.2, 0) is 24.0 Å². The van der Waals surface area contributed by atoms with Crippen LogP contribution in [0.4, 0.5) is 4.79 Å². The van der Waals surface area contributed by atoms with Gasteiger partial charge in [0.25, 0.3) is 11.8 Å². The van der Waals surface area contributed by atoms with E-state index in [0.717, 1.165) is 4.90 Å². The summed E-state index contributed by atoms with van der Waals surface area (Å²) in [6.45, 7) is 6.36. The van der Waals surface area contributed by atoms with Crippen molar-refractivity contribution in [3.8, 4) is 0 Å². The summed E-state index contributed by atoms with van der Waals surface area (Å²) < 4.78 is 4.91. The highest BCUT2D eigenvalue weighted by Gasteiger charge is 2.27. The number of rotatable bonds is 6. The molecule has 0 unspecified atom stereocenters. The molecule has 0 saturated heterocycles. The standard InChI is InChI=1S/C14H21N3O6/c1-9-7-11(19)17(12(9)20)6-5-15-10(18)8-22-16-13(21)23-14(2,3)4/h7H,5-6,8H2,1-4H3,(H,15,18)(H,16,21). The quantitative estimate of drug-likeness (QED) is 0.519. The number of carbonyl (C=O) groups excluding carboxylic acids is 4. The average molecular weight is 327 g/mol. The van der Waals surface area contributed by atoms with Gasteiger partial charge in [-0.2, -0.15) is 5.48 Å². The Balaban J connectivity index is 2.17. The molecule has 23 heavy (non-hydrogen) atoms. The van der Waals surface area contributed by atoms with Gasteiger partial charge in [0, 0.05) is 24.7 Å². The first-order chi connectivity index (χ1) is 10.6. The largest absolute Gasteiger partial charge is 0.442 e. The smallest absolute Gasteiger partial charge is 0.431 e. The van der Waals surface area contributed by atoms with Crippen LogP contribution in [0.5, 0.6) is 0 Å². The highest BCUT2D eigenvalue weighted by Crippen LogP contribution is 2.10. The van der Waals surface area contributed by atoms with Crippen molar-refractivity contribution in [2.24, 2.45) is 0 Å². The number of nitrogens with zero attached hydrogens (tertiary/aromatic N) is 1. The third kappa shape index (κ3) is 6.47. The van der Waals surface area contributed by atoms with Crippen LogP contribution in [0.2, 0.25) is 0 Å². The van der Waals surface area contributed by atoms with Gasteiger partial charge < -0.3 is 10.1 Å². The molecule has 0 aromatic heterocycles. The van der Waals surface area contributed by atoms with Gasteiger partial charge >= 0.3 is 6.09 Å². The van der Waals surface area contributed by atoms with Crippen LogP contribution in [-0.4, -0.2) is 54.0 Å². The molecule has 0 saturated carbocycles. The number of imide groups is 1. The van der Waals surface area contributed by atoms with Gasteiger partial charge in [0.1, 0.15) is 5.60 Å². The molecule has 0 fully saturated rings. The van der Waals surface area contributed by atoms with Gasteiger partial charge in [-0.05, 0) is 27.7 Å². The number of ether oxygens (including phenoxy) is 1. The van der Waals surface area contributed by atoms with E-state index in [1.807, 2.05) is 5.48 Å². The first-order valence-corrected chi connectivity index (χ1v) is 7.02. The minimum atomic E-state index is -0.805. The normalized spacial score (nSPS) is 14.6. The van der Waals surface area contributed by atoms with E-state index in [4.69, 9.17) is 9.57 Å². The van der Waals surface area contributed by atoms with Crippen molar-refractivity contribution in [1.29, 1.82) is 0 Å². The molecule has 1 rings (SSSR count). The Morgan fingerprint density at radius 1 is 1.26 bits per heavy atom. The fourth-order valence-electron chi connectivity index (χ4n) is 1.67. The summed E-state index contributed by atoms with van der Waals surface area (Å²) in [6, 6.07) is 0. The highest BCUT2D eigenvalue weighted by molar-refractivity contribution is 6.15. The first kappa shape index (κ1) is 18.6. The second kappa shape index (κ2) is 7.73. The van der Waals surface area contributed by atoms with E-state index in [1.165, 1.54) is 6.08 Å². The van der Waals surface area contributed by atoms with Gasteiger partial charge in [0.05, 0.1) is 0 Å².